The number of hydrogen-bond donors (Lipinski definition) is 3. The Labute approximate surface area is 159 Å². The van der Waals surface area contributed by atoms with E-state index >= 15 is 0 Å². The third kappa shape index (κ3) is 8.01. The minimum Gasteiger partial charge on any atom is -0.508 e. The number of phenolic OH excluding ortho intramolecular Hbond substituents is 2. The maximum Gasteiger partial charge on any atom is 1.00 e. The second-order valence-corrected chi connectivity index (χ2v) is 3.95. The Morgan fingerprint density at radius 3 is 1.75 bits per heavy atom. The standard InChI is InChI=1S/C7H6N4O.C6H7NO.N3.Na/c12-7-3-1-6(2-4-7)11-5-8-9-10-11;7-5-1-3-6(8)4-2-5;1-3-2;/h1-5,12H;1-4,8H,7H2;;/q;;-1;+1. The molecule has 0 aliphatic rings. The maximum absolute atomic E-state index is 8.99. The number of hydrogen-bond acceptors (Lipinski definition) is 6. The first-order valence-corrected chi connectivity index (χ1v) is 6.12. The van der Waals surface area contributed by atoms with Gasteiger partial charge in [-0.1, -0.05) is 0 Å². The van der Waals surface area contributed by atoms with E-state index in [1.807, 2.05) is 0 Å². The summed E-state index contributed by atoms with van der Waals surface area (Å²) in [7, 11) is 0. The van der Waals surface area contributed by atoms with Gasteiger partial charge in [-0.15, -0.1) is 5.10 Å². The van der Waals surface area contributed by atoms with Gasteiger partial charge in [-0.05, 0) is 59.0 Å². The fourth-order valence-electron chi connectivity index (χ4n) is 1.36. The van der Waals surface area contributed by atoms with Gasteiger partial charge in [0.2, 0.25) is 0 Å². The van der Waals surface area contributed by atoms with Crippen molar-refractivity contribution >= 4 is 5.69 Å². The third-order valence-electron chi connectivity index (χ3n) is 2.36. The van der Waals surface area contributed by atoms with Crippen LogP contribution in [-0.4, -0.2) is 30.4 Å². The summed E-state index contributed by atoms with van der Waals surface area (Å²) in [4.78, 5) is 1.50. The molecule has 0 aliphatic heterocycles. The van der Waals surface area contributed by atoms with E-state index in [4.69, 9.17) is 27.0 Å². The summed E-state index contributed by atoms with van der Waals surface area (Å²) >= 11 is 0. The Morgan fingerprint density at radius 2 is 1.38 bits per heavy atom. The Morgan fingerprint density at radius 1 is 0.917 bits per heavy atom. The summed E-state index contributed by atoms with van der Waals surface area (Å²) in [6, 6.07) is 13.0. The van der Waals surface area contributed by atoms with E-state index in [1.165, 1.54) is 15.9 Å². The van der Waals surface area contributed by atoms with Crippen LogP contribution in [0.4, 0.5) is 5.69 Å². The van der Waals surface area contributed by atoms with Crippen molar-refractivity contribution in [1.29, 1.82) is 0 Å². The molecule has 10 nitrogen and oxygen atoms in total. The molecular formula is C13H13N8NaO2. The zero-order chi connectivity index (χ0) is 17.1. The van der Waals surface area contributed by atoms with Crippen molar-refractivity contribution in [3.8, 4) is 17.2 Å². The van der Waals surface area contributed by atoms with E-state index in [2.05, 4.69) is 15.5 Å². The van der Waals surface area contributed by atoms with Gasteiger partial charge in [0, 0.05) is 5.69 Å². The van der Waals surface area contributed by atoms with E-state index in [9.17, 15) is 0 Å². The number of nitrogen functional groups attached to an aromatic ring is 1. The van der Waals surface area contributed by atoms with Crippen LogP contribution >= 0.6 is 0 Å². The average Bonchev–Trinajstić information content (AvgIpc) is 3.07. The molecule has 0 atom stereocenters. The van der Waals surface area contributed by atoms with Crippen LogP contribution in [0.5, 0.6) is 11.5 Å². The van der Waals surface area contributed by atoms with Gasteiger partial charge in [-0.3, -0.25) is 4.91 Å². The molecule has 0 bridgehead atoms. The van der Waals surface area contributed by atoms with E-state index in [1.54, 1.807) is 48.5 Å². The van der Waals surface area contributed by atoms with Crippen molar-refractivity contribution < 1.29 is 39.8 Å². The van der Waals surface area contributed by atoms with Gasteiger partial charge in [0.1, 0.15) is 17.8 Å². The minimum atomic E-state index is 0. The molecule has 24 heavy (non-hydrogen) atoms. The second kappa shape index (κ2) is 11.7. The predicted octanol–water partition coefficient (Wildman–Crippen LogP) is -0.788. The number of benzene rings is 2. The average molecular weight is 336 g/mol. The van der Waals surface area contributed by atoms with Crippen LogP contribution < -0.4 is 35.3 Å². The molecule has 0 fully saturated rings. The molecular weight excluding hydrogens is 323 g/mol. The van der Waals surface area contributed by atoms with Crippen molar-refractivity contribution in [1.82, 2.24) is 20.2 Å². The molecule has 1 heterocycles. The molecule has 118 valence electrons. The Kier molecular flexibility index (Phi) is 10.4. The van der Waals surface area contributed by atoms with Gasteiger partial charge in [0.15, 0.2) is 0 Å². The van der Waals surface area contributed by atoms with Crippen LogP contribution in [0.15, 0.2) is 54.9 Å². The molecule has 0 spiro atoms. The predicted molar refractivity (Wildman–Crippen MR) is 83.4 cm³/mol. The molecule has 0 amide bonds. The molecule has 0 saturated carbocycles. The van der Waals surface area contributed by atoms with Crippen LogP contribution in [0.2, 0.25) is 0 Å². The SMILES string of the molecule is Nc1ccc(O)cc1.Oc1ccc(-n2cnnn2)cc1.[N-]=[N+]=[N-].[Na+]. The van der Waals surface area contributed by atoms with E-state index < -0.39 is 0 Å². The normalized spacial score (nSPS) is 8.33. The van der Waals surface area contributed by atoms with Gasteiger partial charge in [-0.25, -0.2) is 4.68 Å². The zero-order valence-corrected chi connectivity index (χ0v) is 14.8. The van der Waals surface area contributed by atoms with Gasteiger partial charge >= 0.3 is 29.6 Å². The Bertz CT molecular complexity index is 705. The van der Waals surface area contributed by atoms with E-state index in [0.717, 1.165) is 5.69 Å². The van der Waals surface area contributed by atoms with Crippen molar-refractivity contribution in [2.45, 2.75) is 0 Å². The first-order chi connectivity index (χ1) is 11.1. The number of nitrogens with two attached hydrogens (primary N) is 1. The topological polar surface area (TPSA) is 169 Å². The molecule has 3 aromatic rings. The van der Waals surface area contributed by atoms with Crippen LogP contribution in [-0.2, 0) is 0 Å². The van der Waals surface area contributed by atoms with Gasteiger partial charge in [0.25, 0.3) is 0 Å². The molecule has 3 rings (SSSR count). The number of rotatable bonds is 1. The Hall–Kier alpha value is -2.78. The van der Waals surface area contributed by atoms with Gasteiger partial charge in [-0.2, -0.15) is 0 Å². The molecule has 0 saturated heterocycles. The van der Waals surface area contributed by atoms with Crippen LogP contribution in [0.25, 0.3) is 21.7 Å². The Balaban J connectivity index is 0.000000386. The van der Waals surface area contributed by atoms with E-state index in [-0.39, 0.29) is 41.1 Å². The van der Waals surface area contributed by atoms with Crippen LogP contribution in [0, 0.1) is 0 Å². The summed E-state index contributed by atoms with van der Waals surface area (Å²) < 4.78 is 1.51. The van der Waals surface area contributed by atoms with Crippen LogP contribution in [0.3, 0.4) is 0 Å². The first kappa shape index (κ1) is 21.2. The summed E-state index contributed by atoms with van der Waals surface area (Å²) in [6.07, 6.45) is 1.49. The first-order valence-electron chi connectivity index (χ1n) is 6.12. The fourth-order valence-corrected chi connectivity index (χ4v) is 1.36. The molecule has 0 radical (unpaired) electrons. The molecule has 4 N–H and O–H groups in total. The van der Waals surface area contributed by atoms with Crippen LogP contribution in [0.1, 0.15) is 0 Å². The number of anilines is 1. The number of tetrazole rings is 1. The molecule has 0 unspecified atom stereocenters. The summed E-state index contributed by atoms with van der Waals surface area (Å²) in [6.45, 7) is 0. The van der Waals surface area contributed by atoms with Gasteiger partial charge < -0.3 is 27.0 Å². The summed E-state index contributed by atoms with van der Waals surface area (Å²) in [5.74, 6) is 0.478. The largest absolute Gasteiger partial charge is 1.00 e. The molecule has 0 aliphatic carbocycles. The summed E-state index contributed by atoms with van der Waals surface area (Å²) in [5, 5.41) is 28.4. The molecule has 11 heteroatoms. The van der Waals surface area contributed by atoms with Crippen molar-refractivity contribution in [3.05, 3.63) is 70.8 Å². The summed E-state index contributed by atoms with van der Waals surface area (Å²) in [5.41, 5.74) is 20.3. The van der Waals surface area contributed by atoms with Crippen molar-refractivity contribution in [3.63, 3.8) is 0 Å². The molecule has 1 aromatic heterocycles. The number of nitrogens with zero attached hydrogens (tertiary/aromatic N) is 7. The van der Waals surface area contributed by atoms with Crippen molar-refractivity contribution in [2.75, 3.05) is 5.73 Å². The number of aromatic nitrogens is 4. The minimum absolute atomic E-state index is 0. The third-order valence-corrected chi connectivity index (χ3v) is 2.36. The monoisotopic (exact) mass is 336 g/mol. The molecule has 2 aromatic carbocycles. The van der Waals surface area contributed by atoms with Crippen molar-refractivity contribution in [2.24, 2.45) is 0 Å². The number of aromatic hydroxyl groups is 2. The quantitative estimate of drug-likeness (QED) is 0.131. The zero-order valence-electron chi connectivity index (χ0n) is 12.8. The maximum atomic E-state index is 8.99. The second-order valence-electron chi connectivity index (χ2n) is 3.95. The van der Waals surface area contributed by atoms with E-state index in [0.29, 0.717) is 5.69 Å². The number of phenols is 2. The smallest absolute Gasteiger partial charge is 0.508 e. The fraction of sp³-hybridized carbons (Fsp3) is 0. The van der Waals surface area contributed by atoms with Gasteiger partial charge in [0.05, 0.1) is 5.69 Å².